The van der Waals surface area contributed by atoms with Crippen molar-refractivity contribution in [1.82, 2.24) is 14.2 Å². The molecule has 2 fully saturated rings. The number of aromatic nitrogens is 2. The van der Waals surface area contributed by atoms with Crippen LogP contribution in [0.5, 0.6) is 0 Å². The van der Waals surface area contributed by atoms with Crippen molar-refractivity contribution in [2.75, 3.05) is 44.4 Å². The monoisotopic (exact) mass is 564 g/mol. The summed E-state index contributed by atoms with van der Waals surface area (Å²) in [7, 11) is -3.84. The number of hydrogen-bond acceptors (Lipinski definition) is 12. The minimum atomic E-state index is -3.84. The number of rotatable bonds is 11. The summed E-state index contributed by atoms with van der Waals surface area (Å²) < 4.78 is 33.7. The van der Waals surface area contributed by atoms with Crippen LogP contribution in [0.3, 0.4) is 0 Å². The van der Waals surface area contributed by atoms with Crippen LogP contribution in [-0.2, 0) is 23.1 Å². The van der Waals surface area contributed by atoms with Gasteiger partial charge in [-0.05, 0) is 39.7 Å². The van der Waals surface area contributed by atoms with Gasteiger partial charge >= 0.3 is 13.4 Å². The van der Waals surface area contributed by atoms with Gasteiger partial charge in [0.25, 0.3) is 0 Å². The maximum absolute atomic E-state index is 13.8. The zero-order chi connectivity index (χ0) is 27.4. The van der Waals surface area contributed by atoms with Crippen molar-refractivity contribution in [2.24, 2.45) is 5.41 Å². The van der Waals surface area contributed by atoms with Gasteiger partial charge in [-0.3, -0.25) is 18.4 Å². The molecule has 0 aliphatic carbocycles. The van der Waals surface area contributed by atoms with Crippen molar-refractivity contribution in [3.05, 3.63) is 22.7 Å². The lowest BCUT2D eigenvalue weighted by Crippen LogP contribution is -2.46. The Morgan fingerprint density at radius 2 is 2.03 bits per heavy atom. The van der Waals surface area contributed by atoms with Gasteiger partial charge < -0.3 is 25.8 Å². The summed E-state index contributed by atoms with van der Waals surface area (Å²) in [5.41, 5.74) is 1.98. The number of thioether (sulfide) groups is 1. The Labute approximate surface area is 219 Å². The number of carbonyl (C=O) groups is 1. The molecule has 210 valence electrons. The molecule has 15 heteroatoms. The number of nitrogen functional groups attached to an aromatic ring is 1. The average molecular weight is 565 g/mol. The second-order valence-electron chi connectivity index (χ2n) is 10.0. The van der Waals surface area contributed by atoms with Crippen LogP contribution in [0.25, 0.3) is 0 Å². The Kier molecular flexibility index (Phi) is 9.98. The van der Waals surface area contributed by atoms with E-state index in [0.717, 1.165) is 35.6 Å². The summed E-state index contributed by atoms with van der Waals surface area (Å²) in [6, 6.07) is 1.36. The smallest absolute Gasteiger partial charge is 0.395 e. The van der Waals surface area contributed by atoms with Crippen LogP contribution >= 0.6 is 19.5 Å². The highest BCUT2D eigenvalue weighted by atomic mass is 32.2. The molecule has 5 N–H and O–H groups in total. The molecule has 2 unspecified atom stereocenters. The van der Waals surface area contributed by atoms with Crippen molar-refractivity contribution in [2.45, 2.75) is 64.1 Å². The molecule has 0 bridgehead atoms. The Bertz CT molecular complexity index is 1050. The van der Waals surface area contributed by atoms with E-state index in [0.29, 0.717) is 13.1 Å². The summed E-state index contributed by atoms with van der Waals surface area (Å²) in [6.45, 7) is 4.83. The van der Waals surface area contributed by atoms with Gasteiger partial charge in [-0.1, -0.05) is 18.2 Å². The van der Waals surface area contributed by atoms with E-state index in [1.807, 2.05) is 0 Å². The number of piperidine rings is 1. The van der Waals surface area contributed by atoms with Crippen LogP contribution in [0.2, 0.25) is 0 Å². The molecule has 0 saturated carbocycles. The van der Waals surface area contributed by atoms with Gasteiger partial charge in [-0.2, -0.15) is 4.98 Å². The molecule has 1 aromatic rings. The fraction of sp³-hybridized carbons (Fsp3) is 0.773. The number of ether oxygens (including phenoxy) is 1. The van der Waals surface area contributed by atoms with Crippen molar-refractivity contribution < 1.29 is 38.5 Å². The fourth-order valence-electron chi connectivity index (χ4n) is 4.02. The first-order valence-electron chi connectivity index (χ1n) is 12.1. The minimum Gasteiger partial charge on any atom is -0.395 e. The number of hydrogen-bond donors (Lipinski definition) is 4. The van der Waals surface area contributed by atoms with E-state index in [2.05, 4.69) is 4.98 Å². The van der Waals surface area contributed by atoms with Gasteiger partial charge in [0.1, 0.15) is 23.6 Å². The number of aliphatic hydroxyl groups is 3. The average Bonchev–Trinajstić information content (AvgIpc) is 3.09. The molecular weight excluding hydrogens is 527 g/mol. The van der Waals surface area contributed by atoms with E-state index in [1.54, 1.807) is 18.5 Å². The molecule has 0 amide bonds. The molecule has 2 aliphatic heterocycles. The summed E-state index contributed by atoms with van der Waals surface area (Å²) in [6.07, 6.45) is -0.000687. The van der Waals surface area contributed by atoms with Crippen LogP contribution in [0.4, 0.5) is 5.82 Å². The number of carbonyl (C=O) groups excluding carboxylic acids is 1. The molecule has 3 heterocycles. The SMILES string of the molecule is CC(C)(CO)C(=O)SCCOP(=O)(OC[C@H]1O[C@@H](n2ccc(N)nc2=O)C(C)(O)[C@H]1O)N1CCCCC1. The van der Waals surface area contributed by atoms with Crippen LogP contribution in [-0.4, -0.2) is 91.1 Å². The van der Waals surface area contributed by atoms with Crippen molar-refractivity contribution in [3.8, 4) is 0 Å². The van der Waals surface area contributed by atoms with Crippen LogP contribution in [0, 0.1) is 5.41 Å². The first kappa shape index (κ1) is 30.2. The molecule has 1 aromatic heterocycles. The normalized spacial score (nSPS) is 28.8. The highest BCUT2D eigenvalue weighted by molar-refractivity contribution is 8.13. The van der Waals surface area contributed by atoms with Crippen LogP contribution in [0.15, 0.2) is 17.1 Å². The van der Waals surface area contributed by atoms with Gasteiger partial charge in [0.05, 0.1) is 25.2 Å². The number of nitrogens with two attached hydrogens (primary N) is 1. The number of aliphatic hydroxyl groups excluding tert-OH is 2. The fourth-order valence-corrected chi connectivity index (χ4v) is 6.78. The minimum absolute atomic E-state index is 0.00118. The quantitative estimate of drug-likeness (QED) is 0.218. The number of anilines is 1. The summed E-state index contributed by atoms with van der Waals surface area (Å²) in [5, 5.41) is 30.8. The third kappa shape index (κ3) is 7.00. The molecule has 5 atom stereocenters. The lowest BCUT2D eigenvalue weighted by molar-refractivity contribution is -0.119. The largest absolute Gasteiger partial charge is 0.408 e. The Balaban J connectivity index is 1.68. The van der Waals surface area contributed by atoms with Gasteiger partial charge in [0, 0.05) is 25.0 Å². The van der Waals surface area contributed by atoms with Crippen molar-refractivity contribution in [3.63, 3.8) is 0 Å². The second-order valence-corrected chi connectivity index (χ2v) is 13.1. The second kappa shape index (κ2) is 12.2. The number of nitrogens with zero attached hydrogens (tertiary/aromatic N) is 3. The van der Waals surface area contributed by atoms with Crippen molar-refractivity contribution in [1.29, 1.82) is 0 Å². The predicted molar refractivity (Wildman–Crippen MR) is 137 cm³/mol. The lowest BCUT2D eigenvalue weighted by Gasteiger charge is -2.33. The maximum Gasteiger partial charge on any atom is 0.408 e. The Morgan fingerprint density at radius 3 is 2.65 bits per heavy atom. The molecule has 2 aliphatic rings. The van der Waals surface area contributed by atoms with E-state index in [4.69, 9.17) is 19.5 Å². The molecule has 13 nitrogen and oxygen atoms in total. The van der Waals surface area contributed by atoms with Gasteiger partial charge in [-0.15, -0.1) is 0 Å². The van der Waals surface area contributed by atoms with E-state index in [1.165, 1.54) is 19.2 Å². The summed E-state index contributed by atoms with van der Waals surface area (Å²) >= 11 is 0.975. The third-order valence-electron chi connectivity index (χ3n) is 6.46. The lowest BCUT2D eigenvalue weighted by atomic mass is 9.96. The molecule has 2 saturated heterocycles. The molecule has 3 rings (SSSR count). The standard InChI is InChI=1S/C22H37N4O9PS/c1-21(2,14-27)19(29)37-12-11-33-36(32,25-8-5-4-6-9-25)34-13-15-17(28)22(3,31)18(35-15)26-10-7-16(23)24-20(26)30/h7,10,15,17-18,27-28,31H,4-6,8-9,11-14H2,1-3H3,(H2,23,24,30)/t15-,17+,18-,22?,36?/m1/s1. The Hall–Kier alpha value is -1.35. The Morgan fingerprint density at radius 1 is 1.35 bits per heavy atom. The topological polar surface area (TPSA) is 187 Å². The molecule has 0 aromatic carbocycles. The highest BCUT2D eigenvalue weighted by Crippen LogP contribution is 2.54. The molecule has 0 spiro atoms. The zero-order valence-electron chi connectivity index (χ0n) is 21.3. The van der Waals surface area contributed by atoms with Gasteiger partial charge in [-0.25, -0.2) is 14.0 Å². The predicted octanol–water partition coefficient (Wildman–Crippen LogP) is 0.740. The van der Waals surface area contributed by atoms with E-state index < -0.39 is 42.9 Å². The maximum atomic E-state index is 13.8. The van der Waals surface area contributed by atoms with E-state index >= 15 is 0 Å². The van der Waals surface area contributed by atoms with Crippen LogP contribution < -0.4 is 11.4 Å². The highest BCUT2D eigenvalue weighted by Gasteiger charge is 2.54. The third-order valence-corrected chi connectivity index (χ3v) is 9.72. The van der Waals surface area contributed by atoms with Crippen LogP contribution in [0.1, 0.15) is 46.3 Å². The summed E-state index contributed by atoms with van der Waals surface area (Å²) in [5.74, 6) is 0.203. The zero-order valence-corrected chi connectivity index (χ0v) is 23.0. The molecule has 37 heavy (non-hydrogen) atoms. The van der Waals surface area contributed by atoms with E-state index in [9.17, 15) is 29.5 Å². The van der Waals surface area contributed by atoms with Gasteiger partial charge in [0.15, 0.2) is 11.3 Å². The van der Waals surface area contributed by atoms with E-state index in [-0.39, 0.29) is 36.5 Å². The van der Waals surface area contributed by atoms with Gasteiger partial charge in [0.2, 0.25) is 0 Å². The first-order chi connectivity index (χ1) is 17.3. The van der Waals surface area contributed by atoms with Crippen molar-refractivity contribution >= 4 is 30.4 Å². The summed E-state index contributed by atoms with van der Waals surface area (Å²) in [4.78, 5) is 28.2. The molecule has 0 radical (unpaired) electrons. The first-order valence-corrected chi connectivity index (χ1v) is 14.6. The molecular formula is C22H37N4O9PS.